The number of carboxylic acid groups (broad SMARTS) is 1. The Morgan fingerprint density at radius 3 is 2.61 bits per heavy atom. The number of halogens is 2. The van der Waals surface area contributed by atoms with Gasteiger partial charge >= 0.3 is 5.97 Å². The third-order valence-electron chi connectivity index (χ3n) is 4.57. The van der Waals surface area contributed by atoms with Crippen molar-refractivity contribution >= 4 is 75.1 Å². The molecule has 1 fully saturated rings. The van der Waals surface area contributed by atoms with E-state index in [1.54, 1.807) is 18.2 Å². The quantitative estimate of drug-likeness (QED) is 0.196. The van der Waals surface area contributed by atoms with Gasteiger partial charge in [0.05, 0.1) is 9.83 Å². The summed E-state index contributed by atoms with van der Waals surface area (Å²) in [5.74, 6) is -1.08. The van der Waals surface area contributed by atoms with E-state index >= 15 is 0 Å². The first-order valence-electron chi connectivity index (χ1n) is 9.48. The van der Waals surface area contributed by atoms with Crippen molar-refractivity contribution < 1.29 is 24.4 Å². The van der Waals surface area contributed by atoms with Crippen molar-refractivity contribution in [1.29, 1.82) is 0 Å². The third kappa shape index (κ3) is 6.23. The van der Waals surface area contributed by atoms with Crippen LogP contribution in [0.2, 0.25) is 10.0 Å². The number of benzene rings is 2. The van der Waals surface area contributed by atoms with Crippen LogP contribution in [0, 0.1) is 10.1 Å². The van der Waals surface area contributed by atoms with Gasteiger partial charge in [-0.2, -0.15) is 0 Å². The topological polar surface area (TPSA) is 110 Å². The molecule has 1 saturated heterocycles. The number of non-ortho nitro benzene ring substituents is 1. The molecule has 0 radical (unpaired) electrons. The molecule has 12 heteroatoms. The Morgan fingerprint density at radius 2 is 1.97 bits per heavy atom. The fraction of sp³-hybridized carbons (Fsp3) is 0.190. The molecule has 1 aliphatic heterocycles. The molecule has 1 aliphatic rings. The highest BCUT2D eigenvalue weighted by Gasteiger charge is 2.32. The standard InChI is InChI=1S/C21H16Cl2N2O6S2/c22-15-3-1-4-16(23)14(15)11-31-17-7-6-13(25(29)30)9-12(17)10-18-20(28)24(21(32)33-18)8-2-5-19(26)27/h1,3-4,6-7,9-10H,2,5,8,11H2,(H,26,27). The first-order chi connectivity index (χ1) is 15.7. The minimum Gasteiger partial charge on any atom is -0.488 e. The van der Waals surface area contributed by atoms with E-state index in [0.717, 1.165) is 11.8 Å². The Bertz CT molecular complexity index is 1150. The molecular formula is C21H16Cl2N2O6S2. The zero-order valence-corrected chi connectivity index (χ0v) is 20.0. The van der Waals surface area contributed by atoms with Gasteiger partial charge in [-0.05, 0) is 30.7 Å². The number of rotatable bonds is 9. The maximum Gasteiger partial charge on any atom is 0.303 e. The second-order valence-corrected chi connectivity index (χ2v) is 9.29. The number of nitro benzene ring substituents is 1. The van der Waals surface area contributed by atoms with Crippen molar-refractivity contribution in [3.8, 4) is 5.75 Å². The maximum absolute atomic E-state index is 12.8. The predicted octanol–water partition coefficient (Wildman–Crippen LogP) is 5.55. The zero-order chi connectivity index (χ0) is 24.1. The van der Waals surface area contributed by atoms with Crippen LogP contribution in [0.1, 0.15) is 24.0 Å². The summed E-state index contributed by atoms with van der Waals surface area (Å²) in [6, 6.07) is 9.04. The molecular weight excluding hydrogens is 511 g/mol. The van der Waals surface area contributed by atoms with Gasteiger partial charge in [-0.25, -0.2) is 0 Å². The maximum atomic E-state index is 12.8. The molecule has 0 bridgehead atoms. The summed E-state index contributed by atoms with van der Waals surface area (Å²) in [5.41, 5.74) is 0.676. The van der Waals surface area contributed by atoms with E-state index in [4.69, 9.17) is 45.3 Å². The summed E-state index contributed by atoms with van der Waals surface area (Å²) in [5, 5.41) is 20.9. The first-order valence-corrected chi connectivity index (χ1v) is 11.5. The Kier molecular flexibility index (Phi) is 8.30. The van der Waals surface area contributed by atoms with Crippen LogP contribution in [0.3, 0.4) is 0 Å². The largest absolute Gasteiger partial charge is 0.488 e. The number of aliphatic carboxylic acids is 1. The number of thioether (sulfide) groups is 1. The van der Waals surface area contributed by atoms with E-state index in [9.17, 15) is 19.7 Å². The van der Waals surface area contributed by atoms with Gasteiger partial charge in [-0.3, -0.25) is 24.6 Å². The molecule has 0 aliphatic carbocycles. The monoisotopic (exact) mass is 526 g/mol. The van der Waals surface area contributed by atoms with Gasteiger partial charge in [0.25, 0.3) is 11.6 Å². The highest BCUT2D eigenvalue weighted by molar-refractivity contribution is 8.26. The van der Waals surface area contributed by atoms with E-state index in [1.165, 1.54) is 29.2 Å². The number of thiocarbonyl (C=S) groups is 1. The molecule has 33 heavy (non-hydrogen) atoms. The highest BCUT2D eigenvalue weighted by Crippen LogP contribution is 2.36. The van der Waals surface area contributed by atoms with Gasteiger partial charge in [0.1, 0.15) is 16.7 Å². The second-order valence-electron chi connectivity index (χ2n) is 6.80. The Hall–Kier alpha value is -2.66. The van der Waals surface area contributed by atoms with Gasteiger partial charge in [0.2, 0.25) is 0 Å². The summed E-state index contributed by atoms with van der Waals surface area (Å²) < 4.78 is 6.13. The molecule has 1 N–H and O–H groups in total. The molecule has 8 nitrogen and oxygen atoms in total. The number of hydrogen-bond donors (Lipinski definition) is 1. The lowest BCUT2D eigenvalue weighted by atomic mass is 10.1. The Morgan fingerprint density at radius 1 is 1.27 bits per heavy atom. The molecule has 1 heterocycles. The molecule has 1 amide bonds. The number of ether oxygens (including phenoxy) is 1. The van der Waals surface area contributed by atoms with Crippen LogP contribution < -0.4 is 4.74 Å². The van der Waals surface area contributed by atoms with Gasteiger partial charge in [0.15, 0.2) is 0 Å². The van der Waals surface area contributed by atoms with Crippen molar-refractivity contribution in [2.75, 3.05) is 6.54 Å². The molecule has 172 valence electrons. The number of nitro groups is 1. The van der Waals surface area contributed by atoms with E-state index in [1.807, 2.05) is 0 Å². The molecule has 0 saturated carbocycles. The molecule has 0 unspecified atom stereocenters. The van der Waals surface area contributed by atoms with Crippen LogP contribution in [-0.2, 0) is 16.2 Å². The average Bonchev–Trinajstić information content (AvgIpc) is 3.01. The van der Waals surface area contributed by atoms with E-state index in [0.29, 0.717) is 21.2 Å². The molecule has 2 aromatic carbocycles. The van der Waals surface area contributed by atoms with Crippen molar-refractivity contribution in [1.82, 2.24) is 4.90 Å². The fourth-order valence-corrected chi connectivity index (χ4v) is 4.74. The SMILES string of the molecule is O=C(O)CCCN1C(=O)C(=Cc2cc([N+](=O)[O-])ccc2OCc2c(Cl)cccc2Cl)SC1=S. The molecule has 2 aromatic rings. The molecule has 0 spiro atoms. The van der Waals surface area contributed by atoms with Gasteiger partial charge in [-0.1, -0.05) is 53.2 Å². The molecule has 0 aromatic heterocycles. The number of hydrogen-bond acceptors (Lipinski definition) is 7. The lowest BCUT2D eigenvalue weighted by molar-refractivity contribution is -0.384. The van der Waals surface area contributed by atoms with Gasteiger partial charge < -0.3 is 9.84 Å². The van der Waals surface area contributed by atoms with Gasteiger partial charge in [-0.15, -0.1) is 0 Å². The summed E-state index contributed by atoms with van der Waals surface area (Å²) in [4.78, 5) is 35.8. The molecule has 0 atom stereocenters. The Balaban J connectivity index is 1.87. The number of nitrogens with zero attached hydrogens (tertiary/aromatic N) is 2. The summed E-state index contributed by atoms with van der Waals surface area (Å²) in [6.07, 6.45) is 1.62. The summed E-state index contributed by atoms with van der Waals surface area (Å²) in [7, 11) is 0. The summed E-state index contributed by atoms with van der Waals surface area (Å²) in [6.45, 7) is 0.172. The number of carbonyl (C=O) groups is 2. The highest BCUT2D eigenvalue weighted by atomic mass is 35.5. The van der Waals surface area contributed by atoms with Crippen molar-refractivity contribution in [3.63, 3.8) is 0 Å². The van der Waals surface area contributed by atoms with Crippen molar-refractivity contribution in [2.24, 2.45) is 0 Å². The fourth-order valence-electron chi connectivity index (χ4n) is 2.94. The van der Waals surface area contributed by atoms with E-state index < -0.39 is 16.8 Å². The first kappa shape index (κ1) is 25.0. The van der Waals surface area contributed by atoms with Crippen molar-refractivity contribution in [3.05, 3.63) is 72.6 Å². The summed E-state index contributed by atoms with van der Waals surface area (Å²) >= 11 is 18.6. The van der Waals surface area contributed by atoms with Crippen molar-refractivity contribution in [2.45, 2.75) is 19.4 Å². The van der Waals surface area contributed by atoms with Crippen LogP contribution in [-0.4, -0.2) is 37.7 Å². The zero-order valence-electron chi connectivity index (χ0n) is 16.8. The Labute approximate surface area is 208 Å². The smallest absolute Gasteiger partial charge is 0.303 e. The van der Waals surface area contributed by atoms with E-state index in [-0.39, 0.29) is 46.7 Å². The lowest BCUT2D eigenvalue weighted by Crippen LogP contribution is -2.29. The normalized spacial score (nSPS) is 14.7. The van der Waals surface area contributed by atoms with E-state index in [2.05, 4.69) is 0 Å². The third-order valence-corrected chi connectivity index (χ3v) is 6.66. The van der Waals surface area contributed by atoms with Crippen LogP contribution in [0.15, 0.2) is 41.3 Å². The lowest BCUT2D eigenvalue weighted by Gasteiger charge is -2.13. The minimum absolute atomic E-state index is 0.00725. The number of carboxylic acids is 1. The number of carbonyl (C=O) groups excluding carboxylic acids is 1. The minimum atomic E-state index is -0.965. The van der Waals surface area contributed by atoms with Gasteiger partial charge in [0, 0.05) is 46.3 Å². The van der Waals surface area contributed by atoms with Crippen LogP contribution in [0.25, 0.3) is 6.08 Å². The van der Waals surface area contributed by atoms with Crippen LogP contribution in [0.4, 0.5) is 5.69 Å². The average molecular weight is 527 g/mol. The second kappa shape index (κ2) is 11.0. The van der Waals surface area contributed by atoms with Crippen LogP contribution in [0.5, 0.6) is 5.75 Å². The van der Waals surface area contributed by atoms with Crippen LogP contribution >= 0.6 is 47.2 Å². The predicted molar refractivity (Wildman–Crippen MR) is 131 cm³/mol. The molecule has 3 rings (SSSR count). The number of amides is 1.